The molecule has 0 saturated carbocycles. The number of esters is 2. The maximum absolute atomic E-state index is 12.2. The van der Waals surface area contributed by atoms with E-state index in [0.29, 0.717) is 37.0 Å². The molecule has 0 N–H and O–H groups in total. The molecule has 1 aromatic rings. The number of hydrogen-bond acceptors (Lipinski definition) is 5. The van der Waals surface area contributed by atoms with Crippen LogP contribution in [0.5, 0.6) is 17.2 Å². The van der Waals surface area contributed by atoms with Crippen molar-refractivity contribution in [2.24, 2.45) is 11.8 Å². The van der Waals surface area contributed by atoms with Crippen LogP contribution in [0.1, 0.15) is 73.1 Å². The summed E-state index contributed by atoms with van der Waals surface area (Å²) in [6.07, 6.45) is 3.99. The molecule has 0 amide bonds. The molecule has 0 unspecified atom stereocenters. The molecule has 0 saturated heterocycles. The second-order valence-corrected chi connectivity index (χ2v) is 7.60. The summed E-state index contributed by atoms with van der Waals surface area (Å²) in [6, 6.07) is 5.09. The molecule has 0 heterocycles. The highest BCUT2D eigenvalue weighted by Crippen LogP contribution is 2.38. The summed E-state index contributed by atoms with van der Waals surface area (Å²) in [5, 5.41) is 0. The van der Waals surface area contributed by atoms with Gasteiger partial charge in [0.25, 0.3) is 0 Å². The number of para-hydroxylation sites is 1. The Kier molecular flexibility index (Phi) is 10.5. The standard InChI is InChI=1S/C22H34O5/c1-6-7-15-25-18-9-8-10-19(26-20(23)13-11-16(2)3)22(18)27-21(24)14-12-17(4)5/h8-10,16-17H,6-7,11-15H2,1-5H3. The fourth-order valence-corrected chi connectivity index (χ4v) is 2.27. The molecule has 5 nitrogen and oxygen atoms in total. The number of benzene rings is 1. The molecule has 0 atom stereocenters. The smallest absolute Gasteiger partial charge is 0.311 e. The van der Waals surface area contributed by atoms with E-state index in [1.165, 1.54) is 0 Å². The number of rotatable bonds is 12. The summed E-state index contributed by atoms with van der Waals surface area (Å²) in [5.74, 6) is 0.978. The van der Waals surface area contributed by atoms with Crippen LogP contribution in [0.4, 0.5) is 0 Å². The lowest BCUT2D eigenvalue weighted by Crippen LogP contribution is -2.14. The number of ether oxygens (including phenoxy) is 3. The summed E-state index contributed by atoms with van der Waals surface area (Å²) in [5.41, 5.74) is 0. The van der Waals surface area contributed by atoms with E-state index in [1.807, 2.05) is 0 Å². The van der Waals surface area contributed by atoms with Gasteiger partial charge in [-0.25, -0.2) is 0 Å². The second kappa shape index (κ2) is 12.4. The highest BCUT2D eigenvalue weighted by molar-refractivity contribution is 5.77. The van der Waals surface area contributed by atoms with Crippen molar-refractivity contribution in [3.63, 3.8) is 0 Å². The molecular formula is C22H34O5. The van der Waals surface area contributed by atoms with E-state index in [2.05, 4.69) is 34.6 Å². The van der Waals surface area contributed by atoms with Gasteiger partial charge in [-0.05, 0) is 43.2 Å². The second-order valence-electron chi connectivity index (χ2n) is 7.60. The SMILES string of the molecule is CCCCOc1cccc(OC(=O)CCC(C)C)c1OC(=O)CCC(C)C. The highest BCUT2D eigenvalue weighted by Gasteiger charge is 2.19. The molecule has 1 aromatic carbocycles. The van der Waals surface area contributed by atoms with Crippen LogP contribution in [-0.2, 0) is 9.59 Å². The van der Waals surface area contributed by atoms with E-state index in [9.17, 15) is 9.59 Å². The minimum atomic E-state index is -0.352. The lowest BCUT2D eigenvalue weighted by molar-refractivity contribution is -0.137. The van der Waals surface area contributed by atoms with Crippen LogP contribution >= 0.6 is 0 Å². The largest absolute Gasteiger partial charge is 0.490 e. The molecule has 0 spiro atoms. The van der Waals surface area contributed by atoms with Crippen molar-refractivity contribution in [2.45, 2.75) is 73.1 Å². The predicted molar refractivity (Wildman–Crippen MR) is 106 cm³/mol. The minimum absolute atomic E-state index is 0.195. The van der Waals surface area contributed by atoms with Gasteiger partial charge in [0.2, 0.25) is 5.75 Å². The summed E-state index contributed by atoms with van der Waals surface area (Å²) in [7, 11) is 0. The molecule has 0 bridgehead atoms. The predicted octanol–water partition coefficient (Wildman–Crippen LogP) is 5.55. The number of carbonyl (C=O) groups excluding carboxylic acids is 2. The van der Waals surface area contributed by atoms with E-state index in [0.717, 1.165) is 25.7 Å². The van der Waals surface area contributed by atoms with Crippen molar-refractivity contribution in [3.05, 3.63) is 18.2 Å². The highest BCUT2D eigenvalue weighted by atomic mass is 16.6. The minimum Gasteiger partial charge on any atom is -0.490 e. The van der Waals surface area contributed by atoms with Gasteiger partial charge in [0.15, 0.2) is 11.5 Å². The molecule has 152 valence electrons. The van der Waals surface area contributed by atoms with Crippen LogP contribution in [0.15, 0.2) is 18.2 Å². The Bertz CT molecular complexity index is 592. The van der Waals surface area contributed by atoms with Gasteiger partial charge in [-0.3, -0.25) is 9.59 Å². The summed E-state index contributed by atoms with van der Waals surface area (Å²) in [4.78, 5) is 24.4. The Balaban J connectivity index is 2.93. The van der Waals surface area contributed by atoms with Crippen LogP contribution in [0.3, 0.4) is 0 Å². The average molecular weight is 379 g/mol. The van der Waals surface area contributed by atoms with Gasteiger partial charge in [-0.1, -0.05) is 47.1 Å². The molecule has 1 rings (SSSR count). The van der Waals surface area contributed by atoms with E-state index >= 15 is 0 Å². The molecular weight excluding hydrogens is 344 g/mol. The first-order chi connectivity index (χ1) is 12.8. The van der Waals surface area contributed by atoms with E-state index in [1.54, 1.807) is 18.2 Å². The molecule has 0 aliphatic rings. The first kappa shape index (κ1) is 23.0. The van der Waals surface area contributed by atoms with Gasteiger partial charge in [0.05, 0.1) is 6.61 Å². The van der Waals surface area contributed by atoms with Crippen molar-refractivity contribution >= 4 is 11.9 Å². The van der Waals surface area contributed by atoms with Gasteiger partial charge in [0, 0.05) is 12.8 Å². The van der Waals surface area contributed by atoms with E-state index in [-0.39, 0.29) is 23.4 Å². The van der Waals surface area contributed by atoms with Crippen LogP contribution in [0.2, 0.25) is 0 Å². The monoisotopic (exact) mass is 378 g/mol. The maximum Gasteiger partial charge on any atom is 0.311 e. The molecule has 27 heavy (non-hydrogen) atoms. The average Bonchev–Trinajstić information content (AvgIpc) is 2.60. The van der Waals surface area contributed by atoms with E-state index < -0.39 is 0 Å². The van der Waals surface area contributed by atoms with Crippen LogP contribution in [-0.4, -0.2) is 18.5 Å². The quantitative estimate of drug-likeness (QED) is 0.271. The zero-order valence-corrected chi connectivity index (χ0v) is 17.4. The molecule has 0 aliphatic carbocycles. The third-order valence-electron chi connectivity index (χ3n) is 3.99. The Hall–Kier alpha value is -2.04. The van der Waals surface area contributed by atoms with Gasteiger partial charge in [-0.15, -0.1) is 0 Å². The Morgan fingerprint density at radius 1 is 0.889 bits per heavy atom. The Morgan fingerprint density at radius 3 is 2.00 bits per heavy atom. The maximum atomic E-state index is 12.2. The number of unbranched alkanes of at least 4 members (excludes halogenated alkanes) is 1. The summed E-state index contributed by atoms with van der Waals surface area (Å²) < 4.78 is 16.8. The molecule has 0 aliphatic heterocycles. The van der Waals surface area contributed by atoms with Crippen molar-refractivity contribution in [1.29, 1.82) is 0 Å². The first-order valence-electron chi connectivity index (χ1n) is 10.0. The van der Waals surface area contributed by atoms with E-state index in [4.69, 9.17) is 14.2 Å². The summed E-state index contributed by atoms with van der Waals surface area (Å²) in [6.45, 7) is 10.8. The summed E-state index contributed by atoms with van der Waals surface area (Å²) >= 11 is 0. The van der Waals surface area contributed by atoms with Crippen molar-refractivity contribution < 1.29 is 23.8 Å². The van der Waals surface area contributed by atoms with Crippen LogP contribution < -0.4 is 14.2 Å². The van der Waals surface area contributed by atoms with Gasteiger partial charge < -0.3 is 14.2 Å². The van der Waals surface area contributed by atoms with Crippen LogP contribution in [0, 0.1) is 11.8 Å². The topological polar surface area (TPSA) is 61.8 Å². The molecule has 0 radical (unpaired) electrons. The third kappa shape index (κ3) is 9.45. The molecule has 0 fully saturated rings. The zero-order valence-electron chi connectivity index (χ0n) is 17.4. The van der Waals surface area contributed by atoms with Crippen LogP contribution in [0.25, 0.3) is 0 Å². The number of hydrogen-bond donors (Lipinski definition) is 0. The lowest BCUT2D eigenvalue weighted by Gasteiger charge is -2.15. The lowest BCUT2D eigenvalue weighted by atomic mass is 10.1. The zero-order chi connectivity index (χ0) is 20.2. The normalized spacial score (nSPS) is 10.9. The van der Waals surface area contributed by atoms with Gasteiger partial charge in [-0.2, -0.15) is 0 Å². The van der Waals surface area contributed by atoms with Crippen molar-refractivity contribution in [3.8, 4) is 17.2 Å². The fraction of sp³-hybridized carbons (Fsp3) is 0.636. The van der Waals surface area contributed by atoms with Crippen molar-refractivity contribution in [1.82, 2.24) is 0 Å². The third-order valence-corrected chi connectivity index (χ3v) is 3.99. The van der Waals surface area contributed by atoms with Gasteiger partial charge >= 0.3 is 11.9 Å². The Labute approximate surface area is 163 Å². The Morgan fingerprint density at radius 2 is 1.44 bits per heavy atom. The van der Waals surface area contributed by atoms with Crippen molar-refractivity contribution in [2.75, 3.05) is 6.61 Å². The van der Waals surface area contributed by atoms with Gasteiger partial charge in [0.1, 0.15) is 0 Å². The fourth-order valence-electron chi connectivity index (χ4n) is 2.27. The first-order valence-corrected chi connectivity index (χ1v) is 10.0. The molecule has 5 heteroatoms. The molecule has 0 aromatic heterocycles. The number of carbonyl (C=O) groups is 2.